The van der Waals surface area contributed by atoms with Gasteiger partial charge in [-0.25, -0.2) is 0 Å². The number of anilines is 1. The second kappa shape index (κ2) is 10.1. The van der Waals surface area contributed by atoms with E-state index in [1.165, 1.54) is 11.3 Å². The van der Waals surface area contributed by atoms with Crippen LogP contribution in [0.1, 0.15) is 43.8 Å². The van der Waals surface area contributed by atoms with E-state index in [0.717, 1.165) is 21.3 Å². The van der Waals surface area contributed by atoms with E-state index in [1.54, 1.807) is 53.6 Å². The number of carbonyl (C=O) groups is 3. The van der Waals surface area contributed by atoms with Crippen LogP contribution in [0.25, 0.3) is 10.9 Å². The number of H-pyrrole nitrogens is 1. The molecule has 3 amide bonds. The summed E-state index contributed by atoms with van der Waals surface area (Å²) in [5, 5.41) is 14.0. The maximum atomic E-state index is 13.3. The van der Waals surface area contributed by atoms with Gasteiger partial charge in [0.25, 0.3) is 11.8 Å². The summed E-state index contributed by atoms with van der Waals surface area (Å²) in [4.78, 5) is 42.3. The average Bonchev–Trinajstić information content (AvgIpc) is 3.52. The molecular formula is C26H24ClN5O3S. The van der Waals surface area contributed by atoms with Gasteiger partial charge in [-0.2, -0.15) is 5.10 Å². The molecule has 0 saturated carbocycles. The summed E-state index contributed by atoms with van der Waals surface area (Å²) in [5.41, 5.74) is 2.91. The first kappa shape index (κ1) is 24.0. The first-order chi connectivity index (χ1) is 17.4. The Balaban J connectivity index is 1.24. The van der Waals surface area contributed by atoms with Crippen LogP contribution in [-0.2, 0) is 17.8 Å². The predicted molar refractivity (Wildman–Crippen MR) is 140 cm³/mol. The maximum absolute atomic E-state index is 13.3. The van der Waals surface area contributed by atoms with Gasteiger partial charge in [0.05, 0.1) is 16.6 Å². The molecule has 0 bridgehead atoms. The third kappa shape index (κ3) is 4.98. The van der Waals surface area contributed by atoms with E-state index in [-0.39, 0.29) is 17.7 Å². The summed E-state index contributed by atoms with van der Waals surface area (Å²) in [6.07, 6.45) is 2.79. The Kier molecular flexibility index (Phi) is 6.75. The third-order valence-corrected chi connectivity index (χ3v) is 7.67. The molecule has 184 valence electrons. The Hall–Kier alpha value is -3.69. The van der Waals surface area contributed by atoms with Gasteiger partial charge >= 0.3 is 0 Å². The van der Waals surface area contributed by atoms with Crippen molar-refractivity contribution in [2.45, 2.75) is 32.4 Å². The Morgan fingerprint density at radius 1 is 1.17 bits per heavy atom. The third-order valence-electron chi connectivity index (χ3n) is 6.20. The van der Waals surface area contributed by atoms with Gasteiger partial charge in [0.2, 0.25) is 5.91 Å². The fourth-order valence-electron chi connectivity index (χ4n) is 4.28. The van der Waals surface area contributed by atoms with E-state index in [1.807, 2.05) is 13.0 Å². The van der Waals surface area contributed by atoms with Gasteiger partial charge in [-0.1, -0.05) is 24.6 Å². The van der Waals surface area contributed by atoms with Gasteiger partial charge in [0.15, 0.2) is 0 Å². The second-order valence-corrected chi connectivity index (χ2v) is 10.2. The van der Waals surface area contributed by atoms with Crippen LogP contribution in [0.3, 0.4) is 0 Å². The predicted octanol–water partition coefficient (Wildman–Crippen LogP) is 4.62. The zero-order chi connectivity index (χ0) is 25.2. The van der Waals surface area contributed by atoms with Crippen molar-refractivity contribution in [1.82, 2.24) is 20.4 Å². The Morgan fingerprint density at radius 3 is 2.83 bits per heavy atom. The lowest BCUT2D eigenvalue weighted by atomic mass is 10.1. The molecule has 0 saturated heterocycles. The number of carbonyl (C=O) groups excluding carboxylic acids is 3. The Morgan fingerprint density at radius 2 is 2.03 bits per heavy atom. The number of thiophene rings is 1. The zero-order valence-corrected chi connectivity index (χ0v) is 21.1. The van der Waals surface area contributed by atoms with Crippen molar-refractivity contribution in [3.63, 3.8) is 0 Å². The van der Waals surface area contributed by atoms with Gasteiger partial charge in [-0.3, -0.25) is 19.5 Å². The number of rotatable bonds is 6. The molecule has 2 aromatic heterocycles. The van der Waals surface area contributed by atoms with E-state index < -0.39 is 6.04 Å². The fourth-order valence-corrected chi connectivity index (χ4v) is 5.52. The van der Waals surface area contributed by atoms with Crippen LogP contribution in [0.4, 0.5) is 5.69 Å². The van der Waals surface area contributed by atoms with Crippen LogP contribution >= 0.6 is 22.9 Å². The normalized spacial score (nSPS) is 13.8. The van der Waals surface area contributed by atoms with Gasteiger partial charge in [0.1, 0.15) is 6.04 Å². The minimum atomic E-state index is -0.636. The molecule has 0 spiro atoms. The molecule has 3 heterocycles. The minimum Gasteiger partial charge on any atom is -0.340 e. The van der Waals surface area contributed by atoms with Crippen molar-refractivity contribution in [3.8, 4) is 0 Å². The van der Waals surface area contributed by atoms with Crippen LogP contribution in [0.5, 0.6) is 0 Å². The number of hydrogen-bond acceptors (Lipinski definition) is 5. The highest BCUT2D eigenvalue weighted by Gasteiger charge is 2.29. The van der Waals surface area contributed by atoms with Crippen LogP contribution in [0, 0.1) is 0 Å². The smallest absolute Gasteiger partial charge is 0.265 e. The quantitative estimate of drug-likeness (QED) is 0.344. The number of aromatic amines is 1. The number of halogens is 1. The molecule has 1 aliphatic rings. The molecular weight excluding hydrogens is 498 g/mol. The molecule has 2 aromatic carbocycles. The average molecular weight is 522 g/mol. The first-order valence-corrected chi connectivity index (χ1v) is 12.8. The maximum Gasteiger partial charge on any atom is 0.265 e. The molecule has 3 N–H and O–H groups in total. The van der Waals surface area contributed by atoms with E-state index >= 15 is 0 Å². The summed E-state index contributed by atoms with van der Waals surface area (Å²) < 4.78 is 0. The number of aromatic nitrogens is 2. The molecule has 1 aliphatic heterocycles. The first-order valence-electron chi connectivity index (χ1n) is 11.6. The molecule has 1 atom stereocenters. The standard InChI is InChI=1S/C26H24ClN5O3S/c1-2-20(30-24(33)15-6-7-21-16(10-15)13-28-31-21)26(35)32-9-8-22-17(14-32)11-23(36-22)25(34)29-19-5-3-4-18(27)12-19/h3-7,10-13,20H,2,8-9,14H2,1H3,(H,28,31)(H,29,34)(H,30,33)/t20-/m1/s1. The zero-order valence-electron chi connectivity index (χ0n) is 19.5. The molecule has 5 rings (SSSR count). The molecule has 8 nitrogen and oxygen atoms in total. The lowest BCUT2D eigenvalue weighted by Gasteiger charge is -2.30. The summed E-state index contributed by atoms with van der Waals surface area (Å²) in [6, 6.07) is 13.5. The topological polar surface area (TPSA) is 107 Å². The second-order valence-electron chi connectivity index (χ2n) is 8.64. The van der Waals surface area contributed by atoms with Gasteiger partial charge in [0, 0.05) is 39.6 Å². The fraction of sp³-hybridized carbons (Fsp3) is 0.231. The van der Waals surface area contributed by atoms with E-state index in [2.05, 4.69) is 20.8 Å². The SMILES string of the molecule is CC[C@@H](NC(=O)c1ccc2[nH]ncc2c1)C(=O)N1CCc2sc(C(=O)Nc3cccc(Cl)c3)cc2C1. The number of benzene rings is 2. The molecule has 0 unspecified atom stereocenters. The summed E-state index contributed by atoms with van der Waals surface area (Å²) in [7, 11) is 0. The molecule has 36 heavy (non-hydrogen) atoms. The summed E-state index contributed by atoms with van der Waals surface area (Å²) >= 11 is 7.45. The highest BCUT2D eigenvalue weighted by atomic mass is 35.5. The van der Waals surface area contributed by atoms with Crippen molar-refractivity contribution in [3.05, 3.63) is 80.6 Å². The molecule has 10 heteroatoms. The van der Waals surface area contributed by atoms with Crippen LogP contribution < -0.4 is 10.6 Å². The van der Waals surface area contributed by atoms with Crippen molar-refractivity contribution < 1.29 is 14.4 Å². The van der Waals surface area contributed by atoms with Crippen LogP contribution in [-0.4, -0.2) is 45.4 Å². The van der Waals surface area contributed by atoms with Crippen LogP contribution in [0.15, 0.2) is 54.7 Å². The number of amides is 3. The van der Waals surface area contributed by atoms with Crippen molar-refractivity contribution >= 4 is 57.2 Å². The molecule has 4 aromatic rings. The number of hydrogen-bond donors (Lipinski definition) is 3. The van der Waals surface area contributed by atoms with Gasteiger partial charge in [-0.15, -0.1) is 11.3 Å². The summed E-state index contributed by atoms with van der Waals surface area (Å²) in [5.74, 6) is -0.633. The molecule has 0 radical (unpaired) electrons. The highest BCUT2D eigenvalue weighted by molar-refractivity contribution is 7.14. The monoisotopic (exact) mass is 521 g/mol. The van der Waals surface area contributed by atoms with Crippen molar-refractivity contribution in [2.24, 2.45) is 0 Å². The Labute approximate surface area is 216 Å². The summed E-state index contributed by atoms with van der Waals surface area (Å²) in [6.45, 7) is 2.82. The minimum absolute atomic E-state index is 0.128. The van der Waals surface area contributed by atoms with Crippen molar-refractivity contribution in [1.29, 1.82) is 0 Å². The highest BCUT2D eigenvalue weighted by Crippen LogP contribution is 2.29. The van der Waals surface area contributed by atoms with Gasteiger partial charge < -0.3 is 15.5 Å². The van der Waals surface area contributed by atoms with E-state index in [4.69, 9.17) is 11.6 Å². The molecule has 0 aliphatic carbocycles. The Bertz CT molecular complexity index is 1460. The molecule has 0 fully saturated rings. The number of fused-ring (bicyclic) bond motifs is 2. The number of nitrogens with zero attached hydrogens (tertiary/aromatic N) is 2. The largest absolute Gasteiger partial charge is 0.340 e. The van der Waals surface area contributed by atoms with Crippen LogP contribution in [0.2, 0.25) is 5.02 Å². The van der Waals surface area contributed by atoms with Gasteiger partial charge in [-0.05, 0) is 60.9 Å². The lowest BCUT2D eigenvalue weighted by Crippen LogP contribution is -2.49. The van der Waals surface area contributed by atoms with Crippen molar-refractivity contribution in [2.75, 3.05) is 11.9 Å². The van der Waals surface area contributed by atoms with E-state index in [9.17, 15) is 14.4 Å². The lowest BCUT2D eigenvalue weighted by molar-refractivity contribution is -0.134. The number of nitrogens with one attached hydrogen (secondary N) is 3. The van der Waals surface area contributed by atoms with E-state index in [0.29, 0.717) is 47.1 Å².